The number of hydrogen-bond donors (Lipinski definition) is 2. The summed E-state index contributed by atoms with van der Waals surface area (Å²) in [5.74, 6) is -3.94. The molecule has 1 aromatic heterocycles. The van der Waals surface area contributed by atoms with Gasteiger partial charge in [0.1, 0.15) is 0 Å². The predicted octanol–water partition coefficient (Wildman–Crippen LogP) is 3.40. The van der Waals surface area contributed by atoms with Crippen LogP contribution >= 0.6 is 0 Å². The molecule has 5 nitrogen and oxygen atoms in total. The van der Waals surface area contributed by atoms with Gasteiger partial charge in [-0.15, -0.1) is 0 Å². The Bertz CT molecular complexity index is 565. The highest BCUT2D eigenvalue weighted by atomic mass is 19.4. The summed E-state index contributed by atoms with van der Waals surface area (Å²) in [5.41, 5.74) is -3.46. The van der Waals surface area contributed by atoms with E-state index < -0.39 is 40.9 Å². The fourth-order valence-electron chi connectivity index (χ4n) is 2.25. The Hall–Kier alpha value is -2.12. The van der Waals surface area contributed by atoms with Crippen LogP contribution in [0.3, 0.4) is 0 Å². The second-order valence-electron chi connectivity index (χ2n) is 4.43. The number of carboxylic acid groups (broad SMARTS) is 2. The van der Waals surface area contributed by atoms with Gasteiger partial charge in [-0.3, -0.25) is 4.98 Å². The highest BCUT2D eigenvalue weighted by molar-refractivity contribution is 5.97. The molecule has 2 N–H and O–H groups in total. The summed E-state index contributed by atoms with van der Waals surface area (Å²) in [5, 5.41) is 18.2. The molecule has 0 unspecified atom stereocenters. The fourth-order valence-corrected chi connectivity index (χ4v) is 2.25. The van der Waals surface area contributed by atoms with Gasteiger partial charge >= 0.3 is 18.1 Å². The Balaban J connectivity index is 3.82. The first-order valence-corrected chi connectivity index (χ1v) is 6.21. The van der Waals surface area contributed by atoms with Crippen LogP contribution in [0.5, 0.6) is 0 Å². The molecule has 0 aliphatic rings. The van der Waals surface area contributed by atoms with E-state index in [4.69, 9.17) is 10.2 Å². The van der Waals surface area contributed by atoms with Gasteiger partial charge in [0.2, 0.25) is 0 Å². The molecule has 0 fully saturated rings. The number of alkyl halides is 3. The van der Waals surface area contributed by atoms with Crippen LogP contribution < -0.4 is 0 Å². The third-order valence-electron chi connectivity index (χ3n) is 3.23. The molecule has 21 heavy (non-hydrogen) atoms. The number of hydrogen-bond acceptors (Lipinski definition) is 3. The van der Waals surface area contributed by atoms with E-state index in [1.165, 1.54) is 0 Å². The number of rotatable bonds is 5. The van der Waals surface area contributed by atoms with E-state index in [9.17, 15) is 22.8 Å². The molecule has 0 radical (unpaired) electrons. The van der Waals surface area contributed by atoms with E-state index in [1.807, 2.05) is 0 Å². The second-order valence-corrected chi connectivity index (χ2v) is 4.43. The average Bonchev–Trinajstić information content (AvgIpc) is 2.37. The molecule has 1 rings (SSSR count). The van der Waals surface area contributed by atoms with E-state index in [1.54, 1.807) is 13.8 Å². The lowest BCUT2D eigenvalue weighted by Gasteiger charge is -2.20. The van der Waals surface area contributed by atoms with Crippen molar-refractivity contribution in [2.24, 2.45) is 0 Å². The molecule has 0 spiro atoms. The highest BCUT2D eigenvalue weighted by Gasteiger charge is 2.40. The number of carbonyl (C=O) groups is 2. The van der Waals surface area contributed by atoms with Gasteiger partial charge in [-0.2, -0.15) is 13.2 Å². The summed E-state index contributed by atoms with van der Waals surface area (Å²) >= 11 is 0. The third-order valence-corrected chi connectivity index (χ3v) is 3.23. The molecule has 0 aliphatic heterocycles. The lowest BCUT2D eigenvalue weighted by Crippen LogP contribution is -2.22. The number of pyridine rings is 1. The smallest absolute Gasteiger partial charge is 0.434 e. The third kappa shape index (κ3) is 3.32. The van der Waals surface area contributed by atoms with E-state index in [0.29, 0.717) is 19.0 Å². The standard InChI is InChI=1S/C13H14F3NO4/c1-3-6(4-2)8-7(11(18)19)5-17-10(13(14,15)16)9(8)12(20)21/h5-6H,3-4H2,1-2H3,(H,18,19)(H,20,21). The monoisotopic (exact) mass is 305 g/mol. The van der Waals surface area contributed by atoms with Gasteiger partial charge in [-0.25, -0.2) is 9.59 Å². The van der Waals surface area contributed by atoms with Crippen LogP contribution in [0.1, 0.15) is 64.6 Å². The Kier molecular flexibility index (Phi) is 4.93. The van der Waals surface area contributed by atoms with Crippen molar-refractivity contribution in [2.45, 2.75) is 38.8 Å². The van der Waals surface area contributed by atoms with Gasteiger partial charge in [0, 0.05) is 6.20 Å². The molecule has 0 aliphatic carbocycles. The summed E-state index contributed by atoms with van der Waals surface area (Å²) in [6, 6.07) is 0. The first-order chi connectivity index (χ1) is 9.65. The van der Waals surface area contributed by atoms with Crippen LogP contribution in [-0.2, 0) is 6.18 Å². The van der Waals surface area contributed by atoms with Crippen molar-refractivity contribution in [1.82, 2.24) is 4.98 Å². The minimum absolute atomic E-state index is 0.317. The summed E-state index contributed by atoms with van der Waals surface area (Å²) in [4.78, 5) is 25.5. The van der Waals surface area contributed by atoms with Crippen molar-refractivity contribution >= 4 is 11.9 Å². The fraction of sp³-hybridized carbons (Fsp3) is 0.462. The van der Waals surface area contributed by atoms with Crippen LogP contribution in [0.15, 0.2) is 6.20 Å². The minimum Gasteiger partial charge on any atom is -0.478 e. The molecule has 0 bridgehead atoms. The van der Waals surface area contributed by atoms with Gasteiger partial charge in [0.25, 0.3) is 0 Å². The van der Waals surface area contributed by atoms with Crippen LogP contribution in [0.4, 0.5) is 13.2 Å². The zero-order chi connectivity index (χ0) is 16.4. The number of aromatic carboxylic acids is 2. The van der Waals surface area contributed by atoms with E-state index >= 15 is 0 Å². The van der Waals surface area contributed by atoms with Crippen molar-refractivity contribution in [3.63, 3.8) is 0 Å². The lowest BCUT2D eigenvalue weighted by molar-refractivity contribution is -0.141. The Morgan fingerprint density at radius 1 is 1.19 bits per heavy atom. The quantitative estimate of drug-likeness (QED) is 0.870. The van der Waals surface area contributed by atoms with Crippen molar-refractivity contribution in [3.8, 4) is 0 Å². The van der Waals surface area contributed by atoms with Crippen molar-refractivity contribution in [2.75, 3.05) is 0 Å². The maximum Gasteiger partial charge on any atom is 0.434 e. The molecule has 116 valence electrons. The van der Waals surface area contributed by atoms with Crippen LogP contribution in [0, 0.1) is 0 Å². The van der Waals surface area contributed by atoms with Crippen molar-refractivity contribution < 1.29 is 33.0 Å². The van der Waals surface area contributed by atoms with Crippen LogP contribution in [-0.4, -0.2) is 27.1 Å². The summed E-state index contributed by atoms with van der Waals surface area (Å²) < 4.78 is 38.8. The molecule has 8 heteroatoms. The molecule has 0 atom stereocenters. The molecular formula is C13H14F3NO4. The van der Waals surface area contributed by atoms with Crippen LogP contribution in [0.25, 0.3) is 0 Å². The van der Waals surface area contributed by atoms with Gasteiger partial charge in [-0.1, -0.05) is 13.8 Å². The topological polar surface area (TPSA) is 87.5 Å². The largest absolute Gasteiger partial charge is 0.478 e. The Morgan fingerprint density at radius 2 is 1.71 bits per heavy atom. The number of halogens is 3. The Morgan fingerprint density at radius 3 is 2.05 bits per heavy atom. The van der Waals surface area contributed by atoms with Crippen molar-refractivity contribution in [1.29, 1.82) is 0 Å². The zero-order valence-corrected chi connectivity index (χ0v) is 11.4. The molecule has 1 aromatic rings. The van der Waals surface area contributed by atoms with Gasteiger partial charge in [-0.05, 0) is 24.3 Å². The van der Waals surface area contributed by atoms with E-state index in [2.05, 4.69) is 4.98 Å². The molecule has 0 saturated carbocycles. The lowest BCUT2D eigenvalue weighted by atomic mass is 9.86. The summed E-state index contributed by atoms with van der Waals surface area (Å²) in [7, 11) is 0. The predicted molar refractivity (Wildman–Crippen MR) is 66.5 cm³/mol. The molecular weight excluding hydrogens is 291 g/mol. The SMILES string of the molecule is CCC(CC)c1c(C(=O)O)cnc(C(F)(F)F)c1C(=O)O. The Labute approximate surface area is 118 Å². The number of aromatic nitrogens is 1. The normalized spacial score (nSPS) is 11.7. The molecule has 0 aromatic carbocycles. The van der Waals surface area contributed by atoms with E-state index in [-0.39, 0.29) is 5.56 Å². The average molecular weight is 305 g/mol. The zero-order valence-electron chi connectivity index (χ0n) is 11.4. The maximum absolute atomic E-state index is 12.9. The maximum atomic E-state index is 12.9. The second kappa shape index (κ2) is 6.11. The highest BCUT2D eigenvalue weighted by Crippen LogP contribution is 2.37. The summed E-state index contributed by atoms with van der Waals surface area (Å²) in [6.07, 6.45) is -3.76. The number of carboxylic acids is 2. The van der Waals surface area contributed by atoms with Crippen molar-refractivity contribution in [3.05, 3.63) is 28.6 Å². The van der Waals surface area contributed by atoms with Crippen LogP contribution in [0.2, 0.25) is 0 Å². The minimum atomic E-state index is -4.97. The molecule has 0 saturated heterocycles. The number of nitrogens with zero attached hydrogens (tertiary/aromatic N) is 1. The molecule has 1 heterocycles. The van der Waals surface area contributed by atoms with Gasteiger partial charge < -0.3 is 10.2 Å². The first kappa shape index (κ1) is 16.9. The first-order valence-electron chi connectivity index (χ1n) is 6.21. The van der Waals surface area contributed by atoms with E-state index in [0.717, 1.165) is 0 Å². The summed E-state index contributed by atoms with van der Waals surface area (Å²) in [6.45, 7) is 3.30. The van der Waals surface area contributed by atoms with Gasteiger partial charge in [0.15, 0.2) is 5.69 Å². The molecule has 0 amide bonds. The van der Waals surface area contributed by atoms with Gasteiger partial charge in [0.05, 0.1) is 11.1 Å².